The Balaban J connectivity index is 1.47. The van der Waals surface area contributed by atoms with Crippen LogP contribution in [0.1, 0.15) is 45.4 Å². The fraction of sp³-hybridized carbons (Fsp3) is 0.684. The van der Waals surface area contributed by atoms with Crippen LogP contribution in [-0.2, 0) is 14.3 Å². The summed E-state index contributed by atoms with van der Waals surface area (Å²) < 4.78 is 5.51. The Hall–Kier alpha value is -2.18. The van der Waals surface area contributed by atoms with E-state index in [4.69, 9.17) is 4.74 Å². The molecule has 0 aromatic carbocycles. The summed E-state index contributed by atoms with van der Waals surface area (Å²) in [4.78, 5) is 37.4. The number of ether oxygens (including phenoxy) is 1. The lowest BCUT2D eigenvalue weighted by atomic mass is 9.97. The third kappa shape index (κ3) is 4.71. The van der Waals surface area contributed by atoms with Crippen molar-refractivity contribution in [1.29, 1.82) is 0 Å². The quantitative estimate of drug-likeness (QED) is 0.765. The highest BCUT2D eigenvalue weighted by Gasteiger charge is 2.31. The second-order valence-corrected chi connectivity index (χ2v) is 7.13. The first-order chi connectivity index (χ1) is 12.6. The number of anilines is 1. The number of nitrogens with zero attached hydrogens (tertiary/aromatic N) is 4. The average molecular weight is 360 g/mol. The van der Waals surface area contributed by atoms with E-state index in [9.17, 15) is 9.59 Å². The molecule has 0 radical (unpaired) electrons. The minimum atomic E-state index is -0.698. The standard InChI is InChI=1S/C19H28N4O3/c1-15(17(24)22-11-4-2-3-5-12-22)26-18(25)16-7-13-23(14-8-16)19-20-9-6-10-21-19/h6,9-10,15-16H,2-5,7-8,11-14H2,1H3. The lowest BCUT2D eigenvalue weighted by Crippen LogP contribution is -2.43. The van der Waals surface area contributed by atoms with Gasteiger partial charge in [0.05, 0.1) is 5.92 Å². The van der Waals surface area contributed by atoms with E-state index in [1.54, 1.807) is 25.4 Å². The Morgan fingerprint density at radius 3 is 2.27 bits per heavy atom. The topological polar surface area (TPSA) is 75.6 Å². The second-order valence-electron chi connectivity index (χ2n) is 7.13. The molecular weight excluding hydrogens is 332 g/mol. The number of esters is 1. The van der Waals surface area contributed by atoms with Gasteiger partial charge in [0.15, 0.2) is 6.10 Å². The molecule has 2 aliphatic rings. The van der Waals surface area contributed by atoms with Crippen LogP contribution in [0.2, 0.25) is 0 Å². The van der Waals surface area contributed by atoms with E-state index in [-0.39, 0.29) is 17.8 Å². The van der Waals surface area contributed by atoms with E-state index < -0.39 is 6.10 Å². The zero-order valence-corrected chi connectivity index (χ0v) is 15.5. The van der Waals surface area contributed by atoms with Crippen LogP contribution >= 0.6 is 0 Å². The van der Waals surface area contributed by atoms with Crippen LogP contribution in [0.4, 0.5) is 5.95 Å². The molecule has 7 nitrogen and oxygen atoms in total. The maximum atomic E-state index is 12.5. The molecule has 2 aliphatic heterocycles. The monoisotopic (exact) mass is 360 g/mol. The molecule has 3 rings (SSSR count). The molecule has 3 heterocycles. The van der Waals surface area contributed by atoms with Gasteiger partial charge in [-0.1, -0.05) is 12.8 Å². The zero-order valence-electron chi connectivity index (χ0n) is 15.5. The number of rotatable bonds is 4. The summed E-state index contributed by atoms with van der Waals surface area (Å²) in [5.74, 6) is 0.225. The Morgan fingerprint density at radius 2 is 1.65 bits per heavy atom. The van der Waals surface area contributed by atoms with Crippen molar-refractivity contribution in [2.45, 2.75) is 51.6 Å². The summed E-state index contributed by atoms with van der Waals surface area (Å²) >= 11 is 0. The molecule has 2 saturated heterocycles. The van der Waals surface area contributed by atoms with Gasteiger partial charge in [0, 0.05) is 38.6 Å². The SMILES string of the molecule is CC(OC(=O)C1CCN(c2ncccn2)CC1)C(=O)N1CCCCCC1. The predicted molar refractivity (Wildman–Crippen MR) is 97.6 cm³/mol. The first-order valence-electron chi connectivity index (χ1n) is 9.66. The predicted octanol–water partition coefficient (Wildman–Crippen LogP) is 2.03. The maximum absolute atomic E-state index is 12.5. The summed E-state index contributed by atoms with van der Waals surface area (Å²) in [6.07, 6.45) is 8.54. The van der Waals surface area contributed by atoms with Crippen LogP contribution in [0.25, 0.3) is 0 Å². The molecule has 1 aromatic heterocycles. The van der Waals surface area contributed by atoms with Crippen LogP contribution in [0.15, 0.2) is 18.5 Å². The van der Waals surface area contributed by atoms with Gasteiger partial charge in [-0.05, 0) is 38.7 Å². The molecule has 1 aromatic rings. The lowest BCUT2D eigenvalue weighted by molar-refractivity contribution is -0.163. The highest BCUT2D eigenvalue weighted by Crippen LogP contribution is 2.22. The fourth-order valence-electron chi connectivity index (χ4n) is 3.64. The van der Waals surface area contributed by atoms with Crippen molar-refractivity contribution in [2.24, 2.45) is 5.92 Å². The summed E-state index contributed by atoms with van der Waals surface area (Å²) in [6, 6.07) is 1.79. The summed E-state index contributed by atoms with van der Waals surface area (Å²) in [5, 5.41) is 0. The zero-order chi connectivity index (χ0) is 18.4. The maximum Gasteiger partial charge on any atom is 0.309 e. The van der Waals surface area contributed by atoms with Gasteiger partial charge in [-0.15, -0.1) is 0 Å². The van der Waals surface area contributed by atoms with Gasteiger partial charge >= 0.3 is 5.97 Å². The molecule has 0 aliphatic carbocycles. The Labute approximate surface area is 154 Å². The highest BCUT2D eigenvalue weighted by atomic mass is 16.5. The minimum Gasteiger partial charge on any atom is -0.452 e. The number of carbonyl (C=O) groups excluding carboxylic acids is 2. The van der Waals surface area contributed by atoms with Crippen molar-refractivity contribution in [1.82, 2.24) is 14.9 Å². The number of likely N-dealkylation sites (tertiary alicyclic amines) is 1. The normalized spacial score (nSPS) is 20.3. The first-order valence-corrected chi connectivity index (χ1v) is 9.66. The molecule has 0 saturated carbocycles. The van der Waals surface area contributed by atoms with Gasteiger partial charge in [0.2, 0.25) is 5.95 Å². The van der Waals surface area contributed by atoms with Crippen LogP contribution in [-0.4, -0.2) is 59.0 Å². The molecule has 0 spiro atoms. The van der Waals surface area contributed by atoms with Gasteiger partial charge in [-0.2, -0.15) is 0 Å². The summed E-state index contributed by atoms with van der Waals surface area (Å²) in [5.41, 5.74) is 0. The highest BCUT2D eigenvalue weighted by molar-refractivity contribution is 5.84. The number of amides is 1. The summed E-state index contributed by atoms with van der Waals surface area (Å²) in [6.45, 7) is 4.68. The number of piperidine rings is 1. The molecule has 142 valence electrons. The molecule has 1 atom stereocenters. The van der Waals surface area contributed by atoms with E-state index in [0.717, 1.165) is 39.0 Å². The number of aromatic nitrogens is 2. The van der Waals surface area contributed by atoms with Gasteiger partial charge in [0.25, 0.3) is 5.91 Å². The third-order valence-electron chi connectivity index (χ3n) is 5.22. The van der Waals surface area contributed by atoms with E-state index in [2.05, 4.69) is 14.9 Å². The van der Waals surface area contributed by atoms with Crippen molar-refractivity contribution < 1.29 is 14.3 Å². The fourth-order valence-corrected chi connectivity index (χ4v) is 3.64. The molecular formula is C19H28N4O3. The van der Waals surface area contributed by atoms with E-state index in [1.165, 1.54) is 12.8 Å². The van der Waals surface area contributed by atoms with Gasteiger partial charge in [-0.25, -0.2) is 9.97 Å². The summed E-state index contributed by atoms with van der Waals surface area (Å²) in [7, 11) is 0. The average Bonchev–Trinajstić information content (AvgIpc) is 2.97. The van der Waals surface area contributed by atoms with Crippen molar-refractivity contribution in [3.8, 4) is 0 Å². The number of hydrogen-bond donors (Lipinski definition) is 0. The van der Waals surface area contributed by atoms with E-state index in [0.29, 0.717) is 18.8 Å². The van der Waals surface area contributed by atoms with Crippen molar-refractivity contribution >= 4 is 17.8 Å². The Kier molecular flexibility index (Phi) is 6.41. The van der Waals surface area contributed by atoms with E-state index in [1.807, 2.05) is 4.90 Å². The smallest absolute Gasteiger partial charge is 0.309 e. The number of hydrogen-bond acceptors (Lipinski definition) is 6. The van der Waals surface area contributed by atoms with Crippen LogP contribution < -0.4 is 4.90 Å². The first kappa shape index (κ1) is 18.6. The molecule has 7 heteroatoms. The van der Waals surface area contributed by atoms with E-state index >= 15 is 0 Å². The number of carbonyl (C=O) groups is 2. The molecule has 0 bridgehead atoms. The Bertz CT molecular complexity index is 594. The van der Waals surface area contributed by atoms with Crippen LogP contribution in [0.5, 0.6) is 0 Å². The lowest BCUT2D eigenvalue weighted by Gasteiger charge is -2.31. The minimum absolute atomic E-state index is 0.0598. The molecule has 0 N–H and O–H groups in total. The van der Waals surface area contributed by atoms with Gasteiger partial charge < -0.3 is 14.5 Å². The second kappa shape index (κ2) is 8.96. The van der Waals surface area contributed by atoms with Gasteiger partial charge in [-0.3, -0.25) is 9.59 Å². The molecule has 26 heavy (non-hydrogen) atoms. The van der Waals surface area contributed by atoms with Crippen LogP contribution in [0.3, 0.4) is 0 Å². The largest absolute Gasteiger partial charge is 0.452 e. The van der Waals surface area contributed by atoms with Crippen molar-refractivity contribution in [3.63, 3.8) is 0 Å². The van der Waals surface area contributed by atoms with Gasteiger partial charge in [0.1, 0.15) is 0 Å². The molecule has 2 fully saturated rings. The molecule has 1 amide bonds. The van der Waals surface area contributed by atoms with Crippen LogP contribution in [0, 0.1) is 5.92 Å². The molecule has 1 unspecified atom stereocenters. The van der Waals surface area contributed by atoms with Crippen molar-refractivity contribution in [3.05, 3.63) is 18.5 Å². The Morgan fingerprint density at radius 1 is 1.04 bits per heavy atom. The van der Waals surface area contributed by atoms with Crippen molar-refractivity contribution in [2.75, 3.05) is 31.1 Å². The third-order valence-corrected chi connectivity index (χ3v) is 5.22.